The third-order valence-corrected chi connectivity index (χ3v) is 3.57. The SMILES string of the molecule is O=C(NCCNC1CCCCCC1)C1=COCCO1. The van der Waals surface area contributed by atoms with E-state index >= 15 is 0 Å². The number of hydrogen-bond acceptors (Lipinski definition) is 4. The Labute approximate surface area is 114 Å². The van der Waals surface area contributed by atoms with Gasteiger partial charge in [0.2, 0.25) is 5.76 Å². The zero-order valence-corrected chi connectivity index (χ0v) is 11.5. The van der Waals surface area contributed by atoms with E-state index in [2.05, 4.69) is 10.6 Å². The molecule has 2 N–H and O–H groups in total. The molecule has 0 bridgehead atoms. The molecule has 5 heteroatoms. The monoisotopic (exact) mass is 268 g/mol. The van der Waals surface area contributed by atoms with Crippen molar-refractivity contribution in [2.24, 2.45) is 0 Å². The zero-order valence-electron chi connectivity index (χ0n) is 11.5. The number of carbonyl (C=O) groups excluding carboxylic acids is 1. The minimum atomic E-state index is -0.192. The first-order valence-corrected chi connectivity index (χ1v) is 7.32. The lowest BCUT2D eigenvalue weighted by Crippen LogP contribution is -2.38. The Morgan fingerprint density at radius 1 is 1.16 bits per heavy atom. The van der Waals surface area contributed by atoms with Gasteiger partial charge < -0.3 is 20.1 Å². The van der Waals surface area contributed by atoms with Crippen molar-refractivity contribution < 1.29 is 14.3 Å². The number of amides is 1. The number of hydrogen-bond donors (Lipinski definition) is 2. The molecule has 1 amide bonds. The first kappa shape index (κ1) is 14.2. The quantitative estimate of drug-likeness (QED) is 0.583. The Hall–Kier alpha value is -1.23. The largest absolute Gasteiger partial charge is 0.494 e. The molecule has 0 aromatic rings. The highest BCUT2D eigenvalue weighted by Gasteiger charge is 2.15. The molecule has 0 unspecified atom stereocenters. The summed E-state index contributed by atoms with van der Waals surface area (Å²) in [5, 5.41) is 6.35. The van der Waals surface area contributed by atoms with Crippen molar-refractivity contribution in [1.82, 2.24) is 10.6 Å². The van der Waals surface area contributed by atoms with Crippen LogP contribution in [0.15, 0.2) is 12.0 Å². The molecule has 1 fully saturated rings. The summed E-state index contributed by atoms with van der Waals surface area (Å²) in [4.78, 5) is 11.7. The van der Waals surface area contributed by atoms with Crippen LogP contribution in [0.25, 0.3) is 0 Å². The van der Waals surface area contributed by atoms with Crippen LogP contribution in [0.5, 0.6) is 0 Å². The molecule has 0 radical (unpaired) electrons. The normalized spacial score (nSPS) is 20.7. The Kier molecular flexibility index (Phi) is 6.01. The van der Waals surface area contributed by atoms with Crippen molar-refractivity contribution in [2.75, 3.05) is 26.3 Å². The van der Waals surface area contributed by atoms with E-state index in [0.717, 1.165) is 6.54 Å². The van der Waals surface area contributed by atoms with Gasteiger partial charge in [0, 0.05) is 19.1 Å². The highest BCUT2D eigenvalue weighted by molar-refractivity contribution is 5.91. The van der Waals surface area contributed by atoms with Crippen molar-refractivity contribution >= 4 is 5.91 Å². The molecular weight excluding hydrogens is 244 g/mol. The lowest BCUT2D eigenvalue weighted by atomic mass is 10.1. The van der Waals surface area contributed by atoms with Crippen LogP contribution in [-0.2, 0) is 14.3 Å². The zero-order chi connectivity index (χ0) is 13.3. The van der Waals surface area contributed by atoms with Crippen molar-refractivity contribution in [3.05, 3.63) is 12.0 Å². The highest BCUT2D eigenvalue weighted by atomic mass is 16.6. The molecule has 2 rings (SSSR count). The number of rotatable bonds is 5. The molecule has 1 aliphatic carbocycles. The molecule has 0 atom stereocenters. The van der Waals surface area contributed by atoms with Crippen LogP contribution < -0.4 is 10.6 Å². The van der Waals surface area contributed by atoms with E-state index < -0.39 is 0 Å². The molecule has 1 saturated carbocycles. The summed E-state index contributed by atoms with van der Waals surface area (Å²) >= 11 is 0. The second kappa shape index (κ2) is 8.04. The molecule has 2 aliphatic rings. The summed E-state index contributed by atoms with van der Waals surface area (Å²) in [6, 6.07) is 0.618. The number of nitrogens with one attached hydrogen (secondary N) is 2. The molecule has 0 aromatic carbocycles. The lowest BCUT2D eigenvalue weighted by molar-refractivity contribution is -0.122. The van der Waals surface area contributed by atoms with Crippen LogP contribution >= 0.6 is 0 Å². The molecule has 5 nitrogen and oxygen atoms in total. The van der Waals surface area contributed by atoms with Crippen molar-refractivity contribution in [3.63, 3.8) is 0 Å². The van der Waals surface area contributed by atoms with Crippen LogP contribution in [-0.4, -0.2) is 38.3 Å². The molecular formula is C14H24N2O3. The van der Waals surface area contributed by atoms with E-state index in [4.69, 9.17) is 9.47 Å². The summed E-state index contributed by atoms with van der Waals surface area (Å²) in [5.74, 6) is 0.0862. The highest BCUT2D eigenvalue weighted by Crippen LogP contribution is 2.16. The third-order valence-electron chi connectivity index (χ3n) is 3.57. The van der Waals surface area contributed by atoms with Gasteiger partial charge in [-0.3, -0.25) is 4.79 Å². The van der Waals surface area contributed by atoms with Gasteiger partial charge in [-0.2, -0.15) is 0 Å². The van der Waals surface area contributed by atoms with Crippen LogP contribution in [0.2, 0.25) is 0 Å². The fourth-order valence-electron chi connectivity index (χ4n) is 2.51. The minimum absolute atomic E-state index is 0.192. The average molecular weight is 268 g/mol. The van der Waals surface area contributed by atoms with Gasteiger partial charge in [-0.15, -0.1) is 0 Å². The maximum absolute atomic E-state index is 11.7. The van der Waals surface area contributed by atoms with Gasteiger partial charge in [0.25, 0.3) is 5.91 Å². The van der Waals surface area contributed by atoms with E-state index in [1.54, 1.807) is 0 Å². The van der Waals surface area contributed by atoms with E-state index in [1.807, 2.05) is 0 Å². The standard InChI is InChI=1S/C14H24N2O3/c17-14(13-11-18-9-10-19-13)16-8-7-15-12-5-3-1-2-4-6-12/h11-12,15H,1-10H2,(H,16,17). The first-order chi connectivity index (χ1) is 9.36. The molecule has 108 valence electrons. The molecule has 19 heavy (non-hydrogen) atoms. The van der Waals surface area contributed by atoms with E-state index in [9.17, 15) is 4.79 Å². The van der Waals surface area contributed by atoms with Gasteiger partial charge in [-0.25, -0.2) is 0 Å². The predicted octanol–water partition coefficient (Wildman–Crippen LogP) is 1.30. The second-order valence-corrected chi connectivity index (χ2v) is 5.10. The first-order valence-electron chi connectivity index (χ1n) is 7.32. The smallest absolute Gasteiger partial charge is 0.289 e. The molecule has 1 heterocycles. The summed E-state index contributed by atoms with van der Waals surface area (Å²) in [6.07, 6.45) is 9.27. The summed E-state index contributed by atoms with van der Waals surface area (Å²) in [7, 11) is 0. The van der Waals surface area contributed by atoms with Crippen molar-refractivity contribution in [2.45, 2.75) is 44.6 Å². The number of carbonyl (C=O) groups is 1. The number of ether oxygens (including phenoxy) is 2. The molecule has 0 aromatic heterocycles. The van der Waals surface area contributed by atoms with Crippen LogP contribution in [0, 0.1) is 0 Å². The topological polar surface area (TPSA) is 59.6 Å². The Morgan fingerprint density at radius 2 is 1.95 bits per heavy atom. The fraction of sp³-hybridized carbons (Fsp3) is 0.786. The van der Waals surface area contributed by atoms with Gasteiger partial charge in [0.15, 0.2) is 0 Å². The molecule has 0 saturated heterocycles. The fourth-order valence-corrected chi connectivity index (χ4v) is 2.51. The predicted molar refractivity (Wildman–Crippen MR) is 72.5 cm³/mol. The van der Waals surface area contributed by atoms with Gasteiger partial charge in [-0.1, -0.05) is 25.7 Å². The maximum Gasteiger partial charge on any atom is 0.289 e. The summed E-state index contributed by atoms with van der Waals surface area (Å²) < 4.78 is 10.3. The van der Waals surface area contributed by atoms with E-state index in [-0.39, 0.29) is 11.7 Å². The maximum atomic E-state index is 11.7. The average Bonchev–Trinajstić information content (AvgIpc) is 2.73. The van der Waals surface area contributed by atoms with Crippen LogP contribution in [0.1, 0.15) is 38.5 Å². The van der Waals surface area contributed by atoms with Crippen molar-refractivity contribution in [1.29, 1.82) is 0 Å². The minimum Gasteiger partial charge on any atom is -0.494 e. The van der Waals surface area contributed by atoms with Gasteiger partial charge in [-0.05, 0) is 12.8 Å². The molecule has 0 spiro atoms. The lowest BCUT2D eigenvalue weighted by Gasteiger charge is -2.17. The van der Waals surface area contributed by atoms with Crippen molar-refractivity contribution in [3.8, 4) is 0 Å². The Bertz CT molecular complexity index is 310. The summed E-state index contributed by atoms with van der Waals surface area (Å²) in [5.41, 5.74) is 0. The van der Waals surface area contributed by atoms with Crippen LogP contribution in [0.4, 0.5) is 0 Å². The van der Waals surface area contributed by atoms with Gasteiger partial charge in [0.1, 0.15) is 19.5 Å². The van der Waals surface area contributed by atoms with Crippen LogP contribution in [0.3, 0.4) is 0 Å². The Balaban J connectivity index is 1.58. The summed E-state index contributed by atoms with van der Waals surface area (Å²) in [6.45, 7) is 2.39. The molecule has 1 aliphatic heterocycles. The van der Waals surface area contributed by atoms with E-state index in [1.165, 1.54) is 44.8 Å². The van der Waals surface area contributed by atoms with Gasteiger partial charge in [0.05, 0.1) is 0 Å². The Morgan fingerprint density at radius 3 is 2.63 bits per heavy atom. The third kappa shape index (κ3) is 5.11. The van der Waals surface area contributed by atoms with E-state index in [0.29, 0.717) is 25.8 Å². The van der Waals surface area contributed by atoms with Gasteiger partial charge >= 0.3 is 0 Å². The second-order valence-electron chi connectivity index (χ2n) is 5.10.